The molecule has 0 amide bonds. The van der Waals surface area contributed by atoms with E-state index in [4.69, 9.17) is 4.55 Å². The molecule has 5 heteroatoms. The van der Waals surface area contributed by atoms with Gasteiger partial charge in [-0.25, -0.2) is 0 Å². The Morgan fingerprint density at radius 1 is 0.765 bits per heavy atom. The van der Waals surface area contributed by atoms with Crippen molar-refractivity contribution < 1.29 is 13.0 Å². The van der Waals surface area contributed by atoms with Crippen molar-refractivity contribution in [1.82, 2.24) is 0 Å². The van der Waals surface area contributed by atoms with Crippen LogP contribution in [0, 0.1) is 0 Å². The van der Waals surface area contributed by atoms with E-state index in [1.807, 2.05) is 30.3 Å². The van der Waals surface area contributed by atoms with Crippen LogP contribution in [0.2, 0.25) is 0 Å². The van der Waals surface area contributed by atoms with Gasteiger partial charge >= 0.3 is 0 Å². The van der Waals surface area contributed by atoms with Crippen molar-refractivity contribution in [3.63, 3.8) is 0 Å². The minimum atomic E-state index is -4.10. The number of benzene rings is 2. The standard InChI is InChI=1S/C12H10O3S.Na/c13-16(14,15)12-8-6-11(7-9-12)10-4-2-1-3-5-10;/h1-9H,(H,13,14,15);. The van der Waals surface area contributed by atoms with Crippen LogP contribution in [0.1, 0.15) is 0 Å². The quantitative estimate of drug-likeness (QED) is 0.663. The number of hydrogen-bond donors (Lipinski definition) is 1. The zero-order chi connectivity index (χ0) is 11.6. The second-order valence-corrected chi connectivity index (χ2v) is 4.79. The SMILES string of the molecule is O=S(=O)(O)c1ccc(-c2ccccc2)cc1.[Na]. The van der Waals surface area contributed by atoms with Crippen molar-refractivity contribution in [2.24, 2.45) is 0 Å². The first-order chi connectivity index (χ1) is 7.57. The first kappa shape index (κ1) is 14.4. The summed E-state index contributed by atoms with van der Waals surface area (Å²) >= 11 is 0. The Balaban J connectivity index is 0.00000144. The van der Waals surface area contributed by atoms with E-state index in [1.54, 1.807) is 12.1 Å². The van der Waals surface area contributed by atoms with E-state index in [9.17, 15) is 8.42 Å². The topological polar surface area (TPSA) is 54.4 Å². The molecule has 0 aliphatic rings. The van der Waals surface area contributed by atoms with Gasteiger partial charge in [0.1, 0.15) is 0 Å². The summed E-state index contributed by atoms with van der Waals surface area (Å²) in [7, 11) is -4.10. The van der Waals surface area contributed by atoms with Crippen molar-refractivity contribution in [2.75, 3.05) is 0 Å². The summed E-state index contributed by atoms with van der Waals surface area (Å²) < 4.78 is 30.5. The van der Waals surface area contributed by atoms with Gasteiger partial charge in [-0.2, -0.15) is 8.42 Å². The Kier molecular flexibility index (Phi) is 4.91. The Bertz CT molecular complexity index is 577. The summed E-state index contributed by atoms with van der Waals surface area (Å²) in [6.45, 7) is 0. The van der Waals surface area contributed by atoms with Gasteiger partial charge in [0, 0.05) is 29.6 Å². The molecule has 0 atom stereocenters. The molecule has 17 heavy (non-hydrogen) atoms. The molecule has 3 nitrogen and oxygen atoms in total. The molecular weight excluding hydrogens is 247 g/mol. The molecular formula is C12H10NaO3S. The first-order valence-corrected chi connectivity index (χ1v) is 6.14. The maximum atomic E-state index is 10.8. The molecule has 0 spiro atoms. The maximum absolute atomic E-state index is 10.8. The molecule has 0 fully saturated rings. The smallest absolute Gasteiger partial charge is 0.282 e. The summed E-state index contributed by atoms with van der Waals surface area (Å²) in [4.78, 5) is -0.0906. The number of rotatable bonds is 2. The van der Waals surface area contributed by atoms with Gasteiger partial charge in [-0.1, -0.05) is 42.5 Å². The van der Waals surface area contributed by atoms with Crippen LogP contribution >= 0.6 is 0 Å². The van der Waals surface area contributed by atoms with E-state index in [1.165, 1.54) is 12.1 Å². The Morgan fingerprint density at radius 3 is 1.71 bits per heavy atom. The van der Waals surface area contributed by atoms with Crippen LogP contribution in [0.3, 0.4) is 0 Å². The van der Waals surface area contributed by atoms with Crippen LogP contribution in [-0.2, 0) is 10.1 Å². The van der Waals surface area contributed by atoms with Crippen molar-refractivity contribution in [3.05, 3.63) is 54.6 Å². The largest absolute Gasteiger partial charge is 0.294 e. The molecule has 0 saturated heterocycles. The number of hydrogen-bond acceptors (Lipinski definition) is 2. The Morgan fingerprint density at radius 2 is 1.24 bits per heavy atom. The van der Waals surface area contributed by atoms with Crippen LogP contribution in [0.4, 0.5) is 0 Å². The maximum Gasteiger partial charge on any atom is 0.294 e. The molecule has 0 heterocycles. The summed E-state index contributed by atoms with van der Waals surface area (Å²) in [5.74, 6) is 0. The van der Waals surface area contributed by atoms with Crippen LogP contribution in [-0.4, -0.2) is 42.5 Å². The molecule has 0 unspecified atom stereocenters. The van der Waals surface area contributed by atoms with Crippen LogP contribution in [0.15, 0.2) is 59.5 Å². The Labute approximate surface area is 123 Å². The van der Waals surface area contributed by atoms with Gasteiger partial charge < -0.3 is 0 Å². The molecule has 0 aliphatic heterocycles. The minimum absolute atomic E-state index is 0. The minimum Gasteiger partial charge on any atom is -0.282 e. The van der Waals surface area contributed by atoms with E-state index in [0.717, 1.165) is 11.1 Å². The van der Waals surface area contributed by atoms with E-state index in [2.05, 4.69) is 0 Å². The van der Waals surface area contributed by atoms with Gasteiger partial charge in [-0.05, 0) is 23.3 Å². The molecule has 2 rings (SSSR count). The molecule has 83 valence electrons. The van der Waals surface area contributed by atoms with E-state index in [0.29, 0.717) is 0 Å². The van der Waals surface area contributed by atoms with Crippen LogP contribution in [0.25, 0.3) is 11.1 Å². The van der Waals surface area contributed by atoms with Gasteiger partial charge in [0.15, 0.2) is 0 Å². The first-order valence-electron chi connectivity index (χ1n) is 4.70. The van der Waals surface area contributed by atoms with Gasteiger partial charge in [-0.3, -0.25) is 4.55 Å². The predicted molar refractivity (Wildman–Crippen MR) is 67.4 cm³/mol. The van der Waals surface area contributed by atoms with Gasteiger partial charge in [-0.15, -0.1) is 0 Å². The zero-order valence-electron chi connectivity index (χ0n) is 9.37. The molecule has 0 saturated carbocycles. The third kappa shape index (κ3) is 3.66. The zero-order valence-corrected chi connectivity index (χ0v) is 12.2. The fourth-order valence-electron chi connectivity index (χ4n) is 1.45. The average Bonchev–Trinajstić information content (AvgIpc) is 2.29. The fourth-order valence-corrected chi connectivity index (χ4v) is 1.93. The van der Waals surface area contributed by atoms with Crippen molar-refractivity contribution in [3.8, 4) is 11.1 Å². The second-order valence-electron chi connectivity index (χ2n) is 3.37. The average molecular weight is 257 g/mol. The molecule has 2 aromatic rings. The fraction of sp³-hybridized carbons (Fsp3) is 0. The molecule has 0 aliphatic carbocycles. The molecule has 0 bridgehead atoms. The third-order valence-electron chi connectivity index (χ3n) is 2.26. The van der Waals surface area contributed by atoms with Crippen molar-refractivity contribution >= 4 is 39.7 Å². The second kappa shape index (κ2) is 5.80. The third-order valence-corrected chi connectivity index (χ3v) is 3.13. The van der Waals surface area contributed by atoms with Crippen LogP contribution < -0.4 is 0 Å². The van der Waals surface area contributed by atoms with Gasteiger partial charge in [0.05, 0.1) is 4.90 Å². The van der Waals surface area contributed by atoms with E-state index in [-0.39, 0.29) is 34.5 Å². The van der Waals surface area contributed by atoms with Crippen molar-refractivity contribution in [1.29, 1.82) is 0 Å². The summed E-state index contributed by atoms with van der Waals surface area (Å²) in [6, 6.07) is 15.7. The Hall–Kier alpha value is -0.650. The molecule has 1 N–H and O–H groups in total. The summed E-state index contributed by atoms with van der Waals surface area (Å²) in [5.41, 5.74) is 1.91. The summed E-state index contributed by atoms with van der Waals surface area (Å²) in [6.07, 6.45) is 0. The van der Waals surface area contributed by atoms with Gasteiger partial charge in [0.25, 0.3) is 10.1 Å². The monoisotopic (exact) mass is 257 g/mol. The van der Waals surface area contributed by atoms with E-state index < -0.39 is 10.1 Å². The van der Waals surface area contributed by atoms with Gasteiger partial charge in [0.2, 0.25) is 0 Å². The summed E-state index contributed by atoms with van der Waals surface area (Å²) in [5, 5.41) is 0. The van der Waals surface area contributed by atoms with E-state index >= 15 is 0 Å². The van der Waals surface area contributed by atoms with Crippen LogP contribution in [0.5, 0.6) is 0 Å². The normalized spacial score (nSPS) is 10.6. The predicted octanol–water partition coefficient (Wildman–Crippen LogP) is 2.22. The molecule has 2 aromatic carbocycles. The molecule has 1 radical (unpaired) electrons. The van der Waals surface area contributed by atoms with Crippen molar-refractivity contribution in [2.45, 2.75) is 4.90 Å². The molecule has 0 aromatic heterocycles.